The predicted molar refractivity (Wildman–Crippen MR) is 79.5 cm³/mol. The maximum Gasteiger partial charge on any atom is 0.161 e. The van der Waals surface area contributed by atoms with E-state index in [1.165, 1.54) is 6.07 Å². The van der Waals surface area contributed by atoms with Crippen LogP contribution in [0.4, 0.5) is 4.39 Å². The van der Waals surface area contributed by atoms with Crippen molar-refractivity contribution in [3.8, 4) is 5.75 Å². The van der Waals surface area contributed by atoms with E-state index >= 15 is 0 Å². The van der Waals surface area contributed by atoms with E-state index in [4.69, 9.17) is 10.6 Å². The molecule has 114 valence electrons. The first-order valence-electron chi connectivity index (χ1n) is 6.83. The molecule has 2 aromatic rings. The molecule has 0 bridgehead atoms. The van der Waals surface area contributed by atoms with Crippen LogP contribution in [0.3, 0.4) is 0 Å². The zero-order valence-corrected chi connectivity index (χ0v) is 12.7. The van der Waals surface area contributed by atoms with Crippen LogP contribution in [0.2, 0.25) is 0 Å². The number of nitrogens with two attached hydrogens (primary N) is 1. The van der Waals surface area contributed by atoms with E-state index in [2.05, 4.69) is 10.5 Å². The molecular weight excluding hydrogens is 271 g/mol. The molecule has 5 nitrogen and oxygen atoms in total. The van der Waals surface area contributed by atoms with Gasteiger partial charge in [0.1, 0.15) is 11.5 Å². The van der Waals surface area contributed by atoms with Gasteiger partial charge in [-0.1, -0.05) is 17.7 Å². The lowest BCUT2D eigenvalue weighted by atomic mass is 10.0. The number of hydrogen-bond acceptors (Lipinski definition) is 4. The van der Waals surface area contributed by atoms with E-state index in [0.29, 0.717) is 17.0 Å². The van der Waals surface area contributed by atoms with E-state index in [1.807, 2.05) is 20.8 Å². The summed E-state index contributed by atoms with van der Waals surface area (Å²) in [4.78, 5) is 0. The number of aromatic nitrogens is 2. The lowest BCUT2D eigenvalue weighted by Crippen LogP contribution is -2.32. The van der Waals surface area contributed by atoms with Crippen molar-refractivity contribution in [1.82, 2.24) is 15.2 Å². The van der Waals surface area contributed by atoms with E-state index in [1.54, 1.807) is 30.1 Å². The maximum atomic E-state index is 14.2. The smallest absolute Gasteiger partial charge is 0.161 e. The fraction of sp³-hybridized carbons (Fsp3) is 0.400. The van der Waals surface area contributed by atoms with Crippen molar-refractivity contribution < 1.29 is 9.13 Å². The number of aryl methyl sites for hydroxylation is 1. The monoisotopic (exact) mass is 292 g/mol. The molecule has 1 heterocycles. The van der Waals surface area contributed by atoms with Crippen molar-refractivity contribution in [2.45, 2.75) is 32.9 Å². The van der Waals surface area contributed by atoms with E-state index in [-0.39, 0.29) is 11.9 Å². The summed E-state index contributed by atoms with van der Waals surface area (Å²) >= 11 is 0. The summed E-state index contributed by atoms with van der Waals surface area (Å²) in [6, 6.07) is 4.51. The number of ether oxygens (including phenoxy) is 1. The van der Waals surface area contributed by atoms with Crippen molar-refractivity contribution in [3.63, 3.8) is 0 Å². The largest absolute Gasteiger partial charge is 0.493 e. The van der Waals surface area contributed by atoms with Gasteiger partial charge in [0.05, 0.1) is 19.3 Å². The summed E-state index contributed by atoms with van der Waals surface area (Å²) < 4.78 is 21.3. The van der Waals surface area contributed by atoms with Gasteiger partial charge in [-0.15, -0.1) is 0 Å². The number of hydrogen-bond donors (Lipinski definition) is 2. The van der Waals surface area contributed by atoms with Gasteiger partial charge in [-0.3, -0.25) is 10.5 Å². The molecule has 2 rings (SSSR count). The molecule has 1 aromatic heterocycles. The van der Waals surface area contributed by atoms with Crippen molar-refractivity contribution in [3.05, 3.63) is 47.0 Å². The highest BCUT2D eigenvalue weighted by atomic mass is 19.1. The summed E-state index contributed by atoms with van der Waals surface area (Å²) in [5, 5.41) is 4.31. The fourth-order valence-corrected chi connectivity index (χ4v) is 2.40. The number of nitrogens with zero attached hydrogens (tertiary/aromatic N) is 2. The standard InChI is InChI=1S/C15H21FN4O/c1-9(2)20-15(13(21-4)8-18-20)14(19-17)11-7-10(3)5-6-12(11)16/h5-9,14,19H,17H2,1-4H3. The predicted octanol–water partition coefficient (Wildman–Crippen LogP) is 2.47. The highest BCUT2D eigenvalue weighted by Crippen LogP contribution is 2.32. The number of nitrogens with one attached hydrogen (secondary N) is 1. The molecule has 21 heavy (non-hydrogen) atoms. The first kappa shape index (κ1) is 15.5. The summed E-state index contributed by atoms with van der Waals surface area (Å²) in [5.41, 5.74) is 4.82. The first-order valence-corrected chi connectivity index (χ1v) is 6.83. The second kappa shape index (κ2) is 6.24. The Kier molecular flexibility index (Phi) is 4.59. The minimum atomic E-state index is -0.537. The summed E-state index contributed by atoms with van der Waals surface area (Å²) in [6.45, 7) is 5.90. The highest BCUT2D eigenvalue weighted by Gasteiger charge is 2.26. The van der Waals surface area contributed by atoms with Crippen LogP contribution in [-0.4, -0.2) is 16.9 Å². The first-order chi connectivity index (χ1) is 9.99. The molecule has 3 N–H and O–H groups in total. The molecular formula is C15H21FN4O. The Morgan fingerprint density at radius 1 is 1.38 bits per heavy atom. The summed E-state index contributed by atoms with van der Waals surface area (Å²) in [6.07, 6.45) is 1.62. The number of benzene rings is 1. The van der Waals surface area contributed by atoms with Gasteiger partial charge in [0.2, 0.25) is 0 Å². The number of rotatable bonds is 5. The van der Waals surface area contributed by atoms with Crippen molar-refractivity contribution in [2.24, 2.45) is 5.84 Å². The van der Waals surface area contributed by atoms with Gasteiger partial charge in [0.25, 0.3) is 0 Å². The molecule has 0 aliphatic carbocycles. The quantitative estimate of drug-likeness (QED) is 0.656. The van der Waals surface area contributed by atoms with Crippen LogP contribution in [0.25, 0.3) is 0 Å². The van der Waals surface area contributed by atoms with Crippen LogP contribution in [0, 0.1) is 12.7 Å². The molecule has 0 saturated carbocycles. The molecule has 1 aromatic carbocycles. The van der Waals surface area contributed by atoms with Crippen molar-refractivity contribution in [2.75, 3.05) is 7.11 Å². The molecule has 1 atom stereocenters. The molecule has 0 radical (unpaired) electrons. The zero-order chi connectivity index (χ0) is 15.6. The Morgan fingerprint density at radius 2 is 2.10 bits per heavy atom. The fourth-order valence-electron chi connectivity index (χ4n) is 2.40. The van der Waals surface area contributed by atoms with Crippen LogP contribution in [-0.2, 0) is 0 Å². The van der Waals surface area contributed by atoms with Gasteiger partial charge in [0.15, 0.2) is 5.75 Å². The molecule has 0 fully saturated rings. The highest BCUT2D eigenvalue weighted by molar-refractivity contribution is 5.38. The van der Waals surface area contributed by atoms with Crippen LogP contribution >= 0.6 is 0 Å². The Bertz CT molecular complexity index is 624. The van der Waals surface area contributed by atoms with Gasteiger partial charge in [0, 0.05) is 11.6 Å². The van der Waals surface area contributed by atoms with Crippen LogP contribution in [0.5, 0.6) is 5.75 Å². The van der Waals surface area contributed by atoms with E-state index < -0.39 is 6.04 Å². The lowest BCUT2D eigenvalue weighted by molar-refractivity contribution is 0.392. The summed E-state index contributed by atoms with van der Waals surface area (Å²) in [7, 11) is 1.56. The molecule has 6 heteroatoms. The maximum absolute atomic E-state index is 14.2. The zero-order valence-electron chi connectivity index (χ0n) is 12.7. The molecule has 0 aliphatic heterocycles. The molecule has 0 saturated heterocycles. The third-order valence-electron chi connectivity index (χ3n) is 3.41. The minimum absolute atomic E-state index is 0.104. The average Bonchev–Trinajstić information content (AvgIpc) is 2.87. The van der Waals surface area contributed by atoms with Crippen molar-refractivity contribution >= 4 is 0 Å². The van der Waals surface area contributed by atoms with Crippen molar-refractivity contribution in [1.29, 1.82) is 0 Å². The van der Waals surface area contributed by atoms with Crippen LogP contribution in [0.15, 0.2) is 24.4 Å². The third-order valence-corrected chi connectivity index (χ3v) is 3.41. The van der Waals surface area contributed by atoms with Gasteiger partial charge < -0.3 is 4.74 Å². The summed E-state index contributed by atoms with van der Waals surface area (Å²) in [5.74, 6) is 5.95. The normalized spacial score (nSPS) is 12.7. The van der Waals surface area contributed by atoms with Crippen LogP contribution in [0.1, 0.15) is 42.8 Å². The van der Waals surface area contributed by atoms with Gasteiger partial charge in [-0.05, 0) is 26.8 Å². The lowest BCUT2D eigenvalue weighted by Gasteiger charge is -2.22. The Labute approximate surface area is 123 Å². The molecule has 0 amide bonds. The third kappa shape index (κ3) is 2.91. The SMILES string of the molecule is COc1cnn(C(C)C)c1C(NN)c1cc(C)ccc1F. The molecule has 0 aliphatic rings. The number of hydrazine groups is 1. The van der Waals surface area contributed by atoms with Gasteiger partial charge >= 0.3 is 0 Å². The van der Waals surface area contributed by atoms with Crippen LogP contribution < -0.4 is 16.0 Å². The molecule has 0 spiro atoms. The van der Waals surface area contributed by atoms with E-state index in [9.17, 15) is 4.39 Å². The Morgan fingerprint density at radius 3 is 2.67 bits per heavy atom. The Balaban J connectivity index is 2.61. The number of halogens is 1. The molecule has 1 unspecified atom stereocenters. The second-order valence-electron chi connectivity index (χ2n) is 5.26. The van der Waals surface area contributed by atoms with Gasteiger partial charge in [-0.25, -0.2) is 9.82 Å². The number of methoxy groups -OCH3 is 1. The van der Waals surface area contributed by atoms with Gasteiger partial charge in [-0.2, -0.15) is 5.10 Å². The minimum Gasteiger partial charge on any atom is -0.493 e. The second-order valence-corrected chi connectivity index (χ2v) is 5.26. The Hall–Kier alpha value is -1.92. The average molecular weight is 292 g/mol. The topological polar surface area (TPSA) is 65.1 Å². The van der Waals surface area contributed by atoms with E-state index in [0.717, 1.165) is 5.56 Å².